The highest BCUT2D eigenvalue weighted by molar-refractivity contribution is 8.00. The largest absolute Gasteiger partial charge is 0.460 e. The summed E-state index contributed by atoms with van der Waals surface area (Å²) in [5.41, 5.74) is 5.04. The molecule has 2 N–H and O–H groups in total. The first-order chi connectivity index (χ1) is 27.5. The molecule has 1 saturated carbocycles. The van der Waals surface area contributed by atoms with Crippen LogP contribution in [-0.4, -0.2) is 52.4 Å². The normalized spacial score (nSPS) is 24.6. The van der Waals surface area contributed by atoms with Gasteiger partial charge in [0.15, 0.2) is 0 Å². The number of nitrogens with zero attached hydrogens (tertiary/aromatic N) is 1. The highest BCUT2D eigenvalue weighted by Gasteiger charge is 2.64. The van der Waals surface area contributed by atoms with Crippen LogP contribution in [-0.2, 0) is 9.57 Å². The zero-order valence-corrected chi connectivity index (χ0v) is 35.0. The number of thioether (sulfide) groups is 1. The third-order valence-corrected chi connectivity index (χ3v) is 13.1. The van der Waals surface area contributed by atoms with Gasteiger partial charge in [-0.15, -0.1) is 18.3 Å². The molecule has 0 spiro atoms. The lowest BCUT2D eigenvalue weighted by Gasteiger charge is -2.58. The average molecular weight is 790 g/mol. The fraction of sp³-hybridized carbons (Fsp3) is 0.449. The predicted molar refractivity (Wildman–Crippen MR) is 232 cm³/mol. The van der Waals surface area contributed by atoms with Crippen LogP contribution in [0, 0.1) is 31.6 Å². The molecule has 8 heteroatoms. The van der Waals surface area contributed by atoms with E-state index in [4.69, 9.17) is 24.2 Å². The van der Waals surface area contributed by atoms with E-state index in [0.29, 0.717) is 13.0 Å². The number of unbranched alkanes of at least 4 members (excludes halogenated alkanes) is 2. The van der Waals surface area contributed by atoms with E-state index in [0.717, 1.165) is 77.5 Å². The molecule has 57 heavy (non-hydrogen) atoms. The monoisotopic (exact) mass is 789 g/mol. The molecule has 0 bridgehead atoms. The standard InChI is InChI=1S/C49H59NO6S/c1-7-26-53-49-45(57-39-22-19-34-14-8-9-15-35(34)28-39)31-43(50-56-48(4,5)6)41-29-36(16-10-12-24-51)40(17-11-13-25-52)46(47(41)49)42-30-38(21-23-44(42)55-49)54-37-20-18-32(2)33(3)27-37/h7-9,14-15,18-23,27-30,36,40,45-47,51-52H,1,10-13,16-17,24-26,31H2,2-6H3/t36-,40+,45-,46+,47+,49+/m0/s1. The molecule has 1 heterocycles. The van der Waals surface area contributed by atoms with Gasteiger partial charge in [-0.1, -0.05) is 66.5 Å². The van der Waals surface area contributed by atoms with E-state index in [1.165, 1.54) is 21.9 Å². The minimum Gasteiger partial charge on any atom is -0.460 e. The van der Waals surface area contributed by atoms with Crippen molar-refractivity contribution in [3.05, 3.63) is 120 Å². The number of benzene rings is 4. The first kappa shape index (κ1) is 41.1. The molecule has 7 rings (SSSR count). The van der Waals surface area contributed by atoms with Crippen LogP contribution in [0.25, 0.3) is 10.8 Å². The molecule has 1 fully saturated rings. The minimum atomic E-state index is -1.07. The Bertz CT molecular complexity index is 2100. The summed E-state index contributed by atoms with van der Waals surface area (Å²) in [6, 6.07) is 27.6. The van der Waals surface area contributed by atoms with E-state index < -0.39 is 11.4 Å². The first-order valence-electron chi connectivity index (χ1n) is 20.7. The molecule has 0 unspecified atom stereocenters. The molecular formula is C49H59NO6S. The molecule has 6 atom stereocenters. The fourth-order valence-electron chi connectivity index (χ4n) is 9.00. The molecule has 4 aromatic rings. The second kappa shape index (κ2) is 17.8. The summed E-state index contributed by atoms with van der Waals surface area (Å²) < 4.78 is 21.2. The summed E-state index contributed by atoms with van der Waals surface area (Å²) in [7, 11) is 0. The lowest BCUT2D eigenvalue weighted by molar-refractivity contribution is -0.223. The summed E-state index contributed by atoms with van der Waals surface area (Å²) in [6.45, 7) is 15.0. The number of hydrogen-bond donors (Lipinski definition) is 2. The highest BCUT2D eigenvalue weighted by atomic mass is 32.2. The lowest BCUT2D eigenvalue weighted by atomic mass is 9.56. The topological polar surface area (TPSA) is 89.7 Å². The number of aliphatic hydroxyl groups excluding tert-OH is 2. The summed E-state index contributed by atoms with van der Waals surface area (Å²) in [4.78, 5) is 7.41. The van der Waals surface area contributed by atoms with Gasteiger partial charge in [-0.25, -0.2) is 0 Å². The first-order valence-corrected chi connectivity index (χ1v) is 21.6. The number of aryl methyl sites for hydroxylation is 2. The molecule has 0 amide bonds. The molecule has 7 nitrogen and oxygen atoms in total. The molecule has 1 aliphatic heterocycles. The summed E-state index contributed by atoms with van der Waals surface area (Å²) in [5, 5.41) is 27.0. The molecule has 3 aliphatic rings. The van der Waals surface area contributed by atoms with Crippen LogP contribution in [0.15, 0.2) is 113 Å². The number of ether oxygens (including phenoxy) is 3. The third-order valence-electron chi connectivity index (χ3n) is 11.8. The van der Waals surface area contributed by atoms with Crippen molar-refractivity contribution < 1.29 is 29.3 Å². The van der Waals surface area contributed by atoms with Crippen molar-refractivity contribution in [2.45, 2.75) is 107 Å². The van der Waals surface area contributed by atoms with Crippen LogP contribution in [0.3, 0.4) is 0 Å². The smallest absolute Gasteiger partial charge is 0.231 e. The van der Waals surface area contributed by atoms with Gasteiger partial charge in [0.05, 0.1) is 23.5 Å². The van der Waals surface area contributed by atoms with Gasteiger partial charge in [-0.2, -0.15) is 0 Å². The Hall–Kier alpha value is -4.08. The molecule has 4 aromatic carbocycles. The van der Waals surface area contributed by atoms with Gasteiger partial charge >= 0.3 is 0 Å². The van der Waals surface area contributed by atoms with Crippen LogP contribution >= 0.6 is 11.8 Å². The SMILES string of the molecule is C=CCO[C@@]12Oc3ccc(Oc4ccc(C)c(C)c4)cc3[C@H]3[C@H](CCCCO)[C@@H](CCCCO)C=C(C(=NOC(C)(C)C)C[C@@H]1Sc1ccc4ccccc4c1)[C@H]32. The number of allylic oxidation sites excluding steroid dienone is 1. The number of hydrogen-bond acceptors (Lipinski definition) is 8. The van der Waals surface area contributed by atoms with E-state index >= 15 is 0 Å². The maximum atomic E-state index is 9.97. The third kappa shape index (κ3) is 9.00. The van der Waals surface area contributed by atoms with Crippen LogP contribution in [0.5, 0.6) is 17.2 Å². The molecule has 2 aliphatic carbocycles. The van der Waals surface area contributed by atoms with Gasteiger partial charge in [0.1, 0.15) is 22.8 Å². The van der Waals surface area contributed by atoms with Gasteiger partial charge in [0.25, 0.3) is 0 Å². The molecular weight excluding hydrogens is 731 g/mol. The van der Waals surface area contributed by atoms with Crippen molar-refractivity contribution in [2.75, 3.05) is 19.8 Å². The second-order valence-corrected chi connectivity index (χ2v) is 18.2. The Labute approximate surface area is 343 Å². The van der Waals surface area contributed by atoms with E-state index in [1.54, 1.807) is 11.8 Å². The van der Waals surface area contributed by atoms with Crippen LogP contribution in [0.4, 0.5) is 0 Å². The van der Waals surface area contributed by atoms with Crippen molar-refractivity contribution in [2.24, 2.45) is 22.9 Å². The van der Waals surface area contributed by atoms with Crippen molar-refractivity contribution in [1.29, 1.82) is 0 Å². The van der Waals surface area contributed by atoms with E-state index in [2.05, 4.69) is 93.2 Å². The van der Waals surface area contributed by atoms with Gasteiger partial charge in [-0.3, -0.25) is 0 Å². The Balaban J connectivity index is 1.43. The Morgan fingerprint density at radius 3 is 2.35 bits per heavy atom. The van der Waals surface area contributed by atoms with Crippen molar-refractivity contribution >= 4 is 28.2 Å². The zero-order valence-electron chi connectivity index (χ0n) is 34.2. The van der Waals surface area contributed by atoms with Gasteiger partial charge < -0.3 is 29.3 Å². The van der Waals surface area contributed by atoms with E-state index in [-0.39, 0.29) is 42.1 Å². The predicted octanol–water partition coefficient (Wildman–Crippen LogP) is 11.5. The van der Waals surface area contributed by atoms with Crippen LogP contribution < -0.4 is 9.47 Å². The maximum absolute atomic E-state index is 9.97. The number of rotatable bonds is 16. The molecule has 0 saturated heterocycles. The minimum absolute atomic E-state index is 0.0282. The summed E-state index contributed by atoms with van der Waals surface area (Å²) in [6.07, 6.45) is 9.95. The summed E-state index contributed by atoms with van der Waals surface area (Å²) >= 11 is 1.78. The maximum Gasteiger partial charge on any atom is 0.231 e. The Morgan fingerprint density at radius 1 is 0.877 bits per heavy atom. The van der Waals surface area contributed by atoms with Crippen molar-refractivity contribution in [3.63, 3.8) is 0 Å². The lowest BCUT2D eigenvalue weighted by Crippen LogP contribution is -2.64. The van der Waals surface area contributed by atoms with Crippen molar-refractivity contribution in [1.82, 2.24) is 0 Å². The Kier molecular flexibility index (Phi) is 12.8. The fourth-order valence-corrected chi connectivity index (χ4v) is 10.3. The number of oxime groups is 1. The molecule has 302 valence electrons. The summed E-state index contributed by atoms with van der Waals surface area (Å²) in [5.74, 6) is 1.41. The van der Waals surface area contributed by atoms with Crippen molar-refractivity contribution in [3.8, 4) is 17.2 Å². The van der Waals surface area contributed by atoms with Gasteiger partial charge in [0, 0.05) is 36.0 Å². The zero-order chi connectivity index (χ0) is 40.2. The molecule has 0 radical (unpaired) electrons. The quantitative estimate of drug-likeness (QED) is 0.0664. The highest BCUT2D eigenvalue weighted by Crippen LogP contribution is 2.63. The van der Waals surface area contributed by atoms with E-state index in [1.807, 2.05) is 39.0 Å². The number of aliphatic hydroxyl groups is 2. The molecule has 0 aromatic heterocycles. The second-order valence-electron chi connectivity index (χ2n) is 16.9. The number of fused-ring (bicyclic) bond motifs is 3. The Morgan fingerprint density at radius 2 is 1.61 bits per heavy atom. The van der Waals surface area contributed by atoms with Gasteiger partial charge in [-0.05, 0) is 142 Å². The average Bonchev–Trinajstić information content (AvgIpc) is 3.19. The van der Waals surface area contributed by atoms with E-state index in [9.17, 15) is 10.2 Å². The van der Waals surface area contributed by atoms with Crippen LogP contribution in [0.2, 0.25) is 0 Å². The van der Waals surface area contributed by atoms with Gasteiger partial charge in [0.2, 0.25) is 5.79 Å². The van der Waals surface area contributed by atoms with Crippen LogP contribution in [0.1, 0.15) is 88.3 Å².